The van der Waals surface area contributed by atoms with Gasteiger partial charge in [0.15, 0.2) is 5.60 Å². The molecule has 28 heavy (non-hydrogen) atoms. The number of likely N-dealkylation sites (N-methyl/N-ethyl adjacent to an activating group) is 1. The number of aliphatic hydroxyl groups is 1. The van der Waals surface area contributed by atoms with Crippen molar-refractivity contribution in [3.05, 3.63) is 36.2 Å². The molecular formula is C19H25BN4O4. The van der Waals surface area contributed by atoms with Crippen molar-refractivity contribution in [2.24, 2.45) is 0 Å². The second kappa shape index (κ2) is 6.14. The van der Waals surface area contributed by atoms with Gasteiger partial charge in [-0.15, -0.1) is 5.10 Å². The van der Waals surface area contributed by atoms with E-state index < -0.39 is 23.9 Å². The molecule has 3 heterocycles. The molecule has 1 amide bonds. The van der Waals surface area contributed by atoms with E-state index >= 15 is 0 Å². The van der Waals surface area contributed by atoms with E-state index in [-0.39, 0.29) is 11.6 Å². The third-order valence-corrected chi connectivity index (χ3v) is 6.09. The summed E-state index contributed by atoms with van der Waals surface area (Å²) in [5, 5.41) is 18.9. The summed E-state index contributed by atoms with van der Waals surface area (Å²) in [7, 11) is 1.18. The second-order valence-electron chi connectivity index (χ2n) is 8.57. The number of benzene rings is 1. The highest BCUT2D eigenvalue weighted by Crippen LogP contribution is 2.36. The molecule has 1 aromatic heterocycles. The van der Waals surface area contributed by atoms with Crippen molar-refractivity contribution >= 4 is 18.5 Å². The Balaban J connectivity index is 1.62. The summed E-state index contributed by atoms with van der Waals surface area (Å²) < 4.78 is 13.8. The lowest BCUT2D eigenvalue weighted by atomic mass is 9.79. The minimum Gasteiger partial charge on any atom is -0.399 e. The van der Waals surface area contributed by atoms with E-state index in [1.807, 2.05) is 52.0 Å². The van der Waals surface area contributed by atoms with Crippen molar-refractivity contribution in [1.82, 2.24) is 19.9 Å². The van der Waals surface area contributed by atoms with Gasteiger partial charge >= 0.3 is 7.12 Å². The summed E-state index contributed by atoms with van der Waals surface area (Å²) in [5.74, 6) is -0.356. The molecule has 8 nitrogen and oxygen atoms in total. The number of hydrogen-bond donors (Lipinski definition) is 1. The van der Waals surface area contributed by atoms with Gasteiger partial charge < -0.3 is 19.3 Å². The number of carbonyl (C=O) groups is 1. The first-order valence-corrected chi connectivity index (χ1v) is 9.40. The first kappa shape index (κ1) is 19.1. The zero-order valence-electron chi connectivity index (χ0n) is 16.8. The van der Waals surface area contributed by atoms with Crippen molar-refractivity contribution in [2.45, 2.75) is 50.9 Å². The third kappa shape index (κ3) is 2.85. The van der Waals surface area contributed by atoms with E-state index in [0.29, 0.717) is 13.0 Å². The first-order chi connectivity index (χ1) is 13.0. The average molecular weight is 384 g/mol. The lowest BCUT2D eigenvalue weighted by Gasteiger charge is -2.32. The fourth-order valence-electron chi connectivity index (χ4n) is 3.46. The number of nitrogens with zero attached hydrogens (tertiary/aromatic N) is 4. The Hall–Kier alpha value is -2.23. The second-order valence-corrected chi connectivity index (χ2v) is 8.57. The maximum absolute atomic E-state index is 12.3. The molecule has 1 aromatic carbocycles. The lowest BCUT2D eigenvalue weighted by Crippen LogP contribution is -2.41. The first-order valence-electron chi connectivity index (χ1n) is 9.40. The van der Waals surface area contributed by atoms with Crippen molar-refractivity contribution in [3.8, 4) is 5.69 Å². The topological polar surface area (TPSA) is 89.7 Å². The van der Waals surface area contributed by atoms with E-state index in [9.17, 15) is 9.90 Å². The van der Waals surface area contributed by atoms with Gasteiger partial charge in [0, 0.05) is 20.0 Å². The molecule has 1 atom stereocenters. The van der Waals surface area contributed by atoms with Crippen LogP contribution in [0.4, 0.5) is 0 Å². The number of hydrogen-bond acceptors (Lipinski definition) is 6. The molecule has 0 spiro atoms. The van der Waals surface area contributed by atoms with Crippen LogP contribution in [-0.2, 0) is 19.7 Å². The fourth-order valence-corrected chi connectivity index (χ4v) is 3.46. The maximum Gasteiger partial charge on any atom is 0.494 e. The summed E-state index contributed by atoms with van der Waals surface area (Å²) in [6.07, 6.45) is 1.90. The van der Waals surface area contributed by atoms with Gasteiger partial charge in [0.05, 0.1) is 23.1 Å². The largest absolute Gasteiger partial charge is 0.494 e. The normalized spacial score (nSPS) is 26.3. The molecule has 0 radical (unpaired) electrons. The van der Waals surface area contributed by atoms with Crippen LogP contribution in [0.5, 0.6) is 0 Å². The minimum atomic E-state index is -1.61. The van der Waals surface area contributed by atoms with E-state index in [0.717, 1.165) is 11.2 Å². The zero-order chi connectivity index (χ0) is 20.3. The van der Waals surface area contributed by atoms with Crippen molar-refractivity contribution in [2.75, 3.05) is 13.6 Å². The van der Waals surface area contributed by atoms with Crippen LogP contribution in [0, 0.1) is 0 Å². The van der Waals surface area contributed by atoms with Crippen molar-refractivity contribution < 1.29 is 19.2 Å². The minimum absolute atomic E-state index is 0.253. The summed E-state index contributed by atoms with van der Waals surface area (Å²) in [6.45, 7) is 8.53. The molecule has 2 fully saturated rings. The smallest absolute Gasteiger partial charge is 0.399 e. The predicted molar refractivity (Wildman–Crippen MR) is 103 cm³/mol. The molecule has 0 aliphatic carbocycles. The van der Waals surface area contributed by atoms with Gasteiger partial charge in [0.2, 0.25) is 0 Å². The Morgan fingerprint density at radius 2 is 1.86 bits per heavy atom. The SMILES string of the molecule is CN1CC[C@](O)(c2cn(-c3cccc(B4OC(C)(C)C(C)(C)O4)c3)nn2)C1=O. The highest BCUT2D eigenvalue weighted by atomic mass is 16.7. The van der Waals surface area contributed by atoms with E-state index in [1.165, 1.54) is 4.90 Å². The fraction of sp³-hybridized carbons (Fsp3) is 0.526. The number of amides is 1. The summed E-state index contributed by atoms with van der Waals surface area (Å²) in [5.41, 5.74) is -0.603. The summed E-state index contributed by atoms with van der Waals surface area (Å²) >= 11 is 0. The van der Waals surface area contributed by atoms with Crippen molar-refractivity contribution in [1.29, 1.82) is 0 Å². The van der Waals surface area contributed by atoms with Crippen LogP contribution in [0.25, 0.3) is 5.69 Å². The molecule has 1 N–H and O–H groups in total. The Morgan fingerprint density at radius 1 is 1.18 bits per heavy atom. The number of likely N-dealkylation sites (tertiary alicyclic amines) is 1. The monoisotopic (exact) mass is 384 g/mol. The lowest BCUT2D eigenvalue weighted by molar-refractivity contribution is -0.143. The van der Waals surface area contributed by atoms with Gasteiger partial charge in [-0.05, 0) is 45.3 Å². The molecule has 4 rings (SSSR count). The quantitative estimate of drug-likeness (QED) is 0.781. The van der Waals surface area contributed by atoms with Crippen LogP contribution in [0.2, 0.25) is 0 Å². The van der Waals surface area contributed by atoms with Crippen LogP contribution in [0.3, 0.4) is 0 Å². The average Bonchev–Trinajstić information content (AvgIpc) is 3.29. The molecular weight excluding hydrogens is 359 g/mol. The summed E-state index contributed by atoms with van der Waals surface area (Å²) in [4.78, 5) is 13.8. The Labute approximate surface area is 164 Å². The maximum atomic E-state index is 12.3. The number of carbonyl (C=O) groups excluding carboxylic acids is 1. The molecule has 2 aliphatic rings. The molecule has 2 saturated heterocycles. The Morgan fingerprint density at radius 3 is 2.46 bits per heavy atom. The van der Waals surface area contributed by atoms with E-state index in [4.69, 9.17) is 9.31 Å². The summed E-state index contributed by atoms with van der Waals surface area (Å²) in [6, 6.07) is 7.61. The third-order valence-electron chi connectivity index (χ3n) is 6.09. The van der Waals surface area contributed by atoms with Crippen LogP contribution < -0.4 is 5.46 Å². The van der Waals surface area contributed by atoms with Gasteiger partial charge in [-0.1, -0.05) is 17.3 Å². The highest BCUT2D eigenvalue weighted by molar-refractivity contribution is 6.62. The van der Waals surface area contributed by atoms with Gasteiger partial charge in [0.1, 0.15) is 5.69 Å². The molecule has 0 bridgehead atoms. The molecule has 0 unspecified atom stereocenters. The van der Waals surface area contributed by atoms with Gasteiger partial charge in [-0.25, -0.2) is 4.68 Å². The number of aromatic nitrogens is 3. The van der Waals surface area contributed by atoms with E-state index in [1.54, 1.807) is 17.9 Å². The highest BCUT2D eigenvalue weighted by Gasteiger charge is 2.52. The zero-order valence-corrected chi connectivity index (χ0v) is 16.8. The molecule has 148 valence electrons. The molecule has 9 heteroatoms. The van der Waals surface area contributed by atoms with Crippen LogP contribution in [0.1, 0.15) is 39.8 Å². The molecule has 0 saturated carbocycles. The Kier molecular flexibility index (Phi) is 4.19. The van der Waals surface area contributed by atoms with Gasteiger partial charge in [-0.2, -0.15) is 0 Å². The van der Waals surface area contributed by atoms with Crippen molar-refractivity contribution in [3.63, 3.8) is 0 Å². The van der Waals surface area contributed by atoms with E-state index in [2.05, 4.69) is 10.3 Å². The van der Waals surface area contributed by atoms with Crippen LogP contribution >= 0.6 is 0 Å². The number of rotatable bonds is 3. The predicted octanol–water partition coefficient (Wildman–Crippen LogP) is 0.616. The van der Waals surface area contributed by atoms with Crippen LogP contribution in [0.15, 0.2) is 30.5 Å². The Bertz CT molecular complexity index is 912. The van der Waals surface area contributed by atoms with Crippen LogP contribution in [-0.4, -0.2) is 62.8 Å². The van der Waals surface area contributed by atoms with Gasteiger partial charge in [-0.3, -0.25) is 4.79 Å². The standard InChI is InChI=1S/C19H25BN4O4/c1-17(2)18(3,4)28-20(27-17)13-7-6-8-14(11-13)24-12-15(21-22-24)19(26)9-10-23(5)16(19)25/h6-8,11-12,26H,9-10H2,1-5H3/t19-/m0/s1. The van der Waals surface area contributed by atoms with Gasteiger partial charge in [0.25, 0.3) is 5.91 Å². The molecule has 2 aromatic rings. The molecule has 2 aliphatic heterocycles.